The Labute approximate surface area is 122 Å². The van der Waals surface area contributed by atoms with Crippen molar-refractivity contribution in [3.63, 3.8) is 0 Å². The molecule has 0 atom stereocenters. The summed E-state index contributed by atoms with van der Waals surface area (Å²) in [6.07, 6.45) is 1.94. The van der Waals surface area contributed by atoms with Gasteiger partial charge in [-0.3, -0.25) is 0 Å². The van der Waals surface area contributed by atoms with Crippen molar-refractivity contribution >= 4 is 33.2 Å². The number of nitrogens with zero attached hydrogens (tertiary/aromatic N) is 3. The minimum atomic E-state index is 0.250. The Bertz CT molecular complexity index is 556. The Morgan fingerprint density at radius 3 is 2.84 bits per heavy atom. The normalized spacial score (nSPS) is 11.4. The molecule has 0 N–H and O–H groups in total. The Balaban J connectivity index is 2.14. The maximum absolute atomic E-state index is 5.94. The van der Waals surface area contributed by atoms with Crippen molar-refractivity contribution in [1.82, 2.24) is 14.9 Å². The smallest absolute Gasteiger partial charge is 0.227 e. The lowest BCUT2D eigenvalue weighted by molar-refractivity contribution is 0.276. The van der Waals surface area contributed by atoms with E-state index in [1.165, 1.54) is 4.88 Å². The number of halogens is 1. The molecule has 0 radical (unpaired) electrons. The van der Waals surface area contributed by atoms with Gasteiger partial charge in [0.05, 0.1) is 12.0 Å². The molecule has 0 unspecified atom stereocenters. The zero-order valence-corrected chi connectivity index (χ0v) is 13.0. The van der Waals surface area contributed by atoms with Crippen LogP contribution >= 0.6 is 22.9 Å². The van der Waals surface area contributed by atoms with Gasteiger partial charge >= 0.3 is 0 Å². The van der Waals surface area contributed by atoms with E-state index in [-0.39, 0.29) is 5.28 Å². The molecule has 0 saturated carbocycles. The van der Waals surface area contributed by atoms with E-state index in [1.54, 1.807) is 11.3 Å². The van der Waals surface area contributed by atoms with E-state index in [0.717, 1.165) is 29.6 Å². The maximum Gasteiger partial charge on any atom is 0.227 e. The molecule has 0 bridgehead atoms. The topological polar surface area (TPSA) is 38.2 Å². The summed E-state index contributed by atoms with van der Waals surface area (Å²) in [6, 6.07) is 2.09. The standard InChI is InChI=1S/C13H18ClN3OS/c1-4-9-8-10-11(18-7-5-6-17(2)3)15-13(14)16-12(10)19-9/h8H,4-7H2,1-3H3. The highest BCUT2D eigenvalue weighted by atomic mass is 35.5. The Morgan fingerprint density at radius 1 is 1.37 bits per heavy atom. The zero-order valence-electron chi connectivity index (χ0n) is 11.4. The molecule has 2 aromatic rings. The second-order valence-corrected chi connectivity index (χ2v) is 6.04. The van der Waals surface area contributed by atoms with Gasteiger partial charge in [0.25, 0.3) is 0 Å². The van der Waals surface area contributed by atoms with Gasteiger partial charge < -0.3 is 9.64 Å². The second-order valence-electron chi connectivity index (χ2n) is 4.59. The third-order valence-electron chi connectivity index (χ3n) is 2.72. The number of aromatic nitrogens is 2. The summed E-state index contributed by atoms with van der Waals surface area (Å²) in [5.74, 6) is 0.602. The SMILES string of the molecule is CCc1cc2c(OCCCN(C)C)nc(Cl)nc2s1. The molecule has 0 aromatic carbocycles. The number of thiophene rings is 1. The van der Waals surface area contributed by atoms with E-state index in [9.17, 15) is 0 Å². The van der Waals surface area contributed by atoms with Crippen molar-refractivity contribution in [2.75, 3.05) is 27.2 Å². The van der Waals surface area contributed by atoms with Gasteiger partial charge in [-0.1, -0.05) is 6.92 Å². The van der Waals surface area contributed by atoms with Crippen LogP contribution in [-0.4, -0.2) is 42.1 Å². The van der Waals surface area contributed by atoms with Gasteiger partial charge in [-0.15, -0.1) is 11.3 Å². The average molecular weight is 300 g/mol. The van der Waals surface area contributed by atoms with E-state index in [0.29, 0.717) is 12.5 Å². The van der Waals surface area contributed by atoms with Crippen molar-refractivity contribution in [1.29, 1.82) is 0 Å². The molecule has 0 amide bonds. The van der Waals surface area contributed by atoms with E-state index in [1.807, 2.05) is 14.1 Å². The number of fused-ring (bicyclic) bond motifs is 1. The van der Waals surface area contributed by atoms with Gasteiger partial charge in [0.2, 0.25) is 11.2 Å². The first-order valence-corrected chi connectivity index (χ1v) is 7.53. The highest BCUT2D eigenvalue weighted by Crippen LogP contribution is 2.31. The predicted molar refractivity (Wildman–Crippen MR) is 80.5 cm³/mol. The minimum absolute atomic E-state index is 0.250. The molecule has 0 aliphatic carbocycles. The van der Waals surface area contributed by atoms with Gasteiger partial charge in [-0.05, 0) is 44.6 Å². The highest BCUT2D eigenvalue weighted by Gasteiger charge is 2.11. The predicted octanol–water partition coefficient (Wildman–Crippen LogP) is 3.24. The lowest BCUT2D eigenvalue weighted by Crippen LogP contribution is -2.15. The van der Waals surface area contributed by atoms with Crippen LogP contribution in [0.3, 0.4) is 0 Å². The molecular formula is C13H18ClN3OS. The summed E-state index contributed by atoms with van der Waals surface area (Å²) in [5.41, 5.74) is 0. The van der Waals surface area contributed by atoms with Crippen LogP contribution in [0.15, 0.2) is 6.07 Å². The lowest BCUT2D eigenvalue weighted by atomic mass is 10.3. The van der Waals surface area contributed by atoms with E-state index in [4.69, 9.17) is 16.3 Å². The Morgan fingerprint density at radius 2 is 2.16 bits per heavy atom. The van der Waals surface area contributed by atoms with Gasteiger partial charge in [-0.25, -0.2) is 4.98 Å². The van der Waals surface area contributed by atoms with Crippen LogP contribution in [-0.2, 0) is 6.42 Å². The number of aryl methyl sites for hydroxylation is 1. The summed E-state index contributed by atoms with van der Waals surface area (Å²) < 4.78 is 5.75. The van der Waals surface area contributed by atoms with Crippen molar-refractivity contribution in [3.8, 4) is 5.88 Å². The summed E-state index contributed by atoms with van der Waals surface area (Å²) in [7, 11) is 4.10. The molecular weight excluding hydrogens is 282 g/mol. The molecule has 0 saturated heterocycles. The fourth-order valence-electron chi connectivity index (χ4n) is 1.75. The third-order valence-corrected chi connectivity index (χ3v) is 4.06. The maximum atomic E-state index is 5.94. The molecule has 0 aliphatic rings. The number of ether oxygens (including phenoxy) is 1. The van der Waals surface area contributed by atoms with Crippen molar-refractivity contribution in [2.45, 2.75) is 19.8 Å². The minimum Gasteiger partial charge on any atom is -0.477 e. The average Bonchev–Trinajstić information content (AvgIpc) is 2.77. The second kappa shape index (κ2) is 6.50. The van der Waals surface area contributed by atoms with Crippen molar-refractivity contribution in [3.05, 3.63) is 16.2 Å². The molecule has 0 fully saturated rings. The molecule has 6 heteroatoms. The van der Waals surface area contributed by atoms with Crippen molar-refractivity contribution < 1.29 is 4.74 Å². The quantitative estimate of drug-likeness (QED) is 0.606. The molecule has 19 heavy (non-hydrogen) atoms. The van der Waals surface area contributed by atoms with Crippen LogP contribution in [0.4, 0.5) is 0 Å². The first kappa shape index (κ1) is 14.5. The van der Waals surface area contributed by atoms with Gasteiger partial charge in [0, 0.05) is 11.4 Å². The van der Waals surface area contributed by atoms with Crippen LogP contribution < -0.4 is 4.74 Å². The number of rotatable bonds is 6. The van der Waals surface area contributed by atoms with E-state index < -0.39 is 0 Å². The highest BCUT2D eigenvalue weighted by molar-refractivity contribution is 7.18. The van der Waals surface area contributed by atoms with Crippen LogP contribution in [0.5, 0.6) is 5.88 Å². The fraction of sp³-hybridized carbons (Fsp3) is 0.538. The molecule has 2 aromatic heterocycles. The first-order valence-electron chi connectivity index (χ1n) is 6.33. The van der Waals surface area contributed by atoms with Crippen LogP contribution in [0.1, 0.15) is 18.2 Å². The molecule has 104 valence electrons. The largest absolute Gasteiger partial charge is 0.477 e. The summed E-state index contributed by atoms with van der Waals surface area (Å²) in [6.45, 7) is 3.75. The zero-order chi connectivity index (χ0) is 13.8. The van der Waals surface area contributed by atoms with E-state index in [2.05, 4.69) is 27.9 Å². The Hall–Kier alpha value is -0.910. The van der Waals surface area contributed by atoms with Gasteiger partial charge in [0.1, 0.15) is 4.83 Å². The molecule has 0 aliphatic heterocycles. The number of hydrogen-bond acceptors (Lipinski definition) is 5. The number of hydrogen-bond donors (Lipinski definition) is 0. The van der Waals surface area contributed by atoms with Crippen LogP contribution in [0.25, 0.3) is 10.2 Å². The third kappa shape index (κ3) is 3.78. The van der Waals surface area contributed by atoms with Crippen LogP contribution in [0, 0.1) is 0 Å². The van der Waals surface area contributed by atoms with Gasteiger partial charge in [-0.2, -0.15) is 4.98 Å². The summed E-state index contributed by atoms with van der Waals surface area (Å²) in [4.78, 5) is 12.7. The molecule has 2 rings (SSSR count). The Kier molecular flexibility index (Phi) is 4.96. The van der Waals surface area contributed by atoms with Crippen molar-refractivity contribution in [2.24, 2.45) is 0 Å². The molecule has 0 spiro atoms. The lowest BCUT2D eigenvalue weighted by Gasteiger charge is -2.10. The molecule has 2 heterocycles. The monoisotopic (exact) mass is 299 g/mol. The van der Waals surface area contributed by atoms with Crippen LogP contribution in [0.2, 0.25) is 5.28 Å². The summed E-state index contributed by atoms with van der Waals surface area (Å²) >= 11 is 7.58. The fourth-order valence-corrected chi connectivity index (χ4v) is 2.92. The van der Waals surface area contributed by atoms with E-state index >= 15 is 0 Å². The summed E-state index contributed by atoms with van der Waals surface area (Å²) in [5, 5.41) is 1.22. The molecule has 4 nitrogen and oxygen atoms in total. The van der Waals surface area contributed by atoms with Gasteiger partial charge in [0.15, 0.2) is 0 Å². The first-order chi connectivity index (χ1) is 9.10.